The van der Waals surface area contributed by atoms with Gasteiger partial charge < -0.3 is 9.26 Å². The number of aromatic nitrogens is 1. The molecule has 6 nitrogen and oxygen atoms in total. The molecule has 0 aliphatic rings. The van der Waals surface area contributed by atoms with Gasteiger partial charge in [0.2, 0.25) is 5.76 Å². The predicted octanol–water partition coefficient (Wildman–Crippen LogP) is 5.79. The average molecular weight is 386 g/mol. The lowest BCUT2D eigenvalue weighted by Gasteiger charge is -2.09. The highest BCUT2D eigenvalue weighted by atomic mass is 16.6. The normalized spacial score (nSPS) is 11.2. The van der Waals surface area contributed by atoms with Crippen molar-refractivity contribution in [2.45, 2.75) is 13.5 Å². The number of fused-ring (bicyclic) bond motifs is 1. The van der Waals surface area contributed by atoms with Crippen LogP contribution in [-0.4, -0.2) is 10.1 Å². The third-order valence-corrected chi connectivity index (χ3v) is 4.62. The molecule has 6 heteroatoms. The topological polar surface area (TPSA) is 78.4 Å². The number of benzene rings is 3. The van der Waals surface area contributed by atoms with Crippen molar-refractivity contribution in [3.63, 3.8) is 0 Å². The van der Waals surface area contributed by atoms with Crippen LogP contribution in [0.4, 0.5) is 5.69 Å². The maximum absolute atomic E-state index is 11.1. The summed E-state index contributed by atoms with van der Waals surface area (Å²) < 4.78 is 11.0. The Kier molecular flexibility index (Phi) is 5.07. The van der Waals surface area contributed by atoms with Crippen LogP contribution in [-0.2, 0) is 6.61 Å². The fraction of sp³-hybridized carbons (Fsp3) is 0.0870. The summed E-state index contributed by atoms with van der Waals surface area (Å²) in [5, 5.41) is 17.1. The van der Waals surface area contributed by atoms with E-state index in [2.05, 4.69) is 29.4 Å². The maximum Gasteiger partial charge on any atom is 0.338 e. The molecule has 0 saturated carbocycles. The van der Waals surface area contributed by atoms with Crippen molar-refractivity contribution in [1.82, 2.24) is 5.16 Å². The Balaban J connectivity index is 1.45. The molecule has 0 aliphatic carbocycles. The Morgan fingerprint density at radius 2 is 1.79 bits per heavy atom. The first-order valence-corrected chi connectivity index (χ1v) is 9.10. The molecule has 1 aromatic heterocycles. The van der Waals surface area contributed by atoms with Crippen LogP contribution in [0.15, 0.2) is 71.3 Å². The smallest absolute Gasteiger partial charge is 0.338 e. The third-order valence-electron chi connectivity index (χ3n) is 4.62. The van der Waals surface area contributed by atoms with E-state index in [1.807, 2.05) is 42.5 Å². The van der Waals surface area contributed by atoms with E-state index in [1.54, 1.807) is 19.1 Å². The fourth-order valence-electron chi connectivity index (χ4n) is 3.14. The SMILES string of the molecule is Cc1noc(C=Cc2ccc(OCc3cccc4ccccc34)cc2)c1[N+](=O)[O-]. The van der Waals surface area contributed by atoms with Crippen LogP contribution in [0, 0.1) is 17.0 Å². The quantitative estimate of drug-likeness (QED) is 0.309. The monoisotopic (exact) mass is 386 g/mol. The van der Waals surface area contributed by atoms with Gasteiger partial charge in [0.05, 0.1) is 4.92 Å². The fourth-order valence-corrected chi connectivity index (χ4v) is 3.14. The highest BCUT2D eigenvalue weighted by Gasteiger charge is 2.21. The van der Waals surface area contributed by atoms with Gasteiger partial charge in [0.1, 0.15) is 12.4 Å². The second-order valence-corrected chi connectivity index (χ2v) is 6.57. The summed E-state index contributed by atoms with van der Waals surface area (Å²) >= 11 is 0. The summed E-state index contributed by atoms with van der Waals surface area (Å²) in [6.45, 7) is 2.02. The van der Waals surface area contributed by atoms with Crippen molar-refractivity contribution in [2.75, 3.05) is 0 Å². The zero-order chi connectivity index (χ0) is 20.2. The molecule has 0 N–H and O–H groups in total. The van der Waals surface area contributed by atoms with E-state index in [4.69, 9.17) is 9.26 Å². The van der Waals surface area contributed by atoms with Gasteiger partial charge in [-0.1, -0.05) is 65.8 Å². The third kappa shape index (κ3) is 4.01. The molecule has 1 heterocycles. The molecule has 0 radical (unpaired) electrons. The molecule has 0 aliphatic heterocycles. The first-order chi connectivity index (χ1) is 14.1. The molecule has 0 atom stereocenters. The van der Waals surface area contributed by atoms with E-state index in [1.165, 1.54) is 10.8 Å². The standard InChI is InChI=1S/C23H18N2O4/c1-16-23(25(26)27)22(29-24-16)14-11-17-9-12-20(13-10-17)28-15-19-7-4-6-18-5-2-3-8-21(18)19/h2-14H,15H2,1H3. The summed E-state index contributed by atoms with van der Waals surface area (Å²) in [7, 11) is 0. The lowest BCUT2D eigenvalue weighted by Crippen LogP contribution is -1.96. The molecule has 0 bridgehead atoms. The van der Waals surface area contributed by atoms with Gasteiger partial charge in [0.25, 0.3) is 0 Å². The number of ether oxygens (including phenoxy) is 1. The van der Waals surface area contributed by atoms with Gasteiger partial charge in [0.15, 0.2) is 5.69 Å². The molecule has 0 spiro atoms. The molecule has 0 amide bonds. The van der Waals surface area contributed by atoms with Crippen LogP contribution in [0.5, 0.6) is 5.75 Å². The second-order valence-electron chi connectivity index (χ2n) is 6.57. The van der Waals surface area contributed by atoms with Gasteiger partial charge in [-0.05, 0) is 47.0 Å². The van der Waals surface area contributed by atoms with Crippen LogP contribution >= 0.6 is 0 Å². The van der Waals surface area contributed by atoms with Gasteiger partial charge in [-0.3, -0.25) is 10.1 Å². The molecule has 4 rings (SSSR count). The average Bonchev–Trinajstić information content (AvgIpc) is 3.12. The van der Waals surface area contributed by atoms with Crippen molar-refractivity contribution in [3.8, 4) is 5.75 Å². The molecule has 3 aromatic carbocycles. The lowest BCUT2D eigenvalue weighted by molar-refractivity contribution is -0.386. The van der Waals surface area contributed by atoms with Crippen LogP contribution < -0.4 is 4.74 Å². The first-order valence-electron chi connectivity index (χ1n) is 9.10. The minimum absolute atomic E-state index is 0.115. The van der Waals surface area contributed by atoms with E-state index in [9.17, 15) is 10.1 Å². The molecule has 29 heavy (non-hydrogen) atoms. The Hall–Kier alpha value is -3.93. The van der Waals surface area contributed by atoms with Gasteiger partial charge >= 0.3 is 5.69 Å². The molecule has 0 unspecified atom stereocenters. The summed E-state index contributed by atoms with van der Waals surface area (Å²) in [6, 6.07) is 21.9. The van der Waals surface area contributed by atoms with Crippen molar-refractivity contribution >= 4 is 28.6 Å². The summed E-state index contributed by atoms with van der Waals surface area (Å²) in [5.74, 6) is 0.875. The Labute approximate surface area is 167 Å². The number of nitro groups is 1. The van der Waals surface area contributed by atoms with Crippen molar-refractivity contribution in [3.05, 3.63) is 99.4 Å². The summed E-state index contributed by atoms with van der Waals surface area (Å²) in [5.41, 5.74) is 2.13. The molecule has 4 aromatic rings. The zero-order valence-corrected chi connectivity index (χ0v) is 15.7. The molecule has 144 valence electrons. The Bertz CT molecular complexity index is 1190. The predicted molar refractivity (Wildman–Crippen MR) is 112 cm³/mol. The number of aryl methyl sites for hydroxylation is 1. The highest BCUT2D eigenvalue weighted by Crippen LogP contribution is 2.25. The first kappa shape index (κ1) is 18.4. The minimum atomic E-state index is -0.490. The molecule has 0 fully saturated rings. The van der Waals surface area contributed by atoms with Crippen LogP contribution in [0.1, 0.15) is 22.6 Å². The largest absolute Gasteiger partial charge is 0.489 e. The number of nitrogens with zero attached hydrogens (tertiary/aromatic N) is 2. The van der Waals surface area contributed by atoms with E-state index in [-0.39, 0.29) is 17.1 Å². The molecular weight excluding hydrogens is 368 g/mol. The van der Waals surface area contributed by atoms with Crippen LogP contribution in [0.3, 0.4) is 0 Å². The van der Waals surface area contributed by atoms with Gasteiger partial charge in [-0.25, -0.2) is 0 Å². The minimum Gasteiger partial charge on any atom is -0.489 e. The van der Waals surface area contributed by atoms with Crippen molar-refractivity contribution in [1.29, 1.82) is 0 Å². The number of hydrogen-bond donors (Lipinski definition) is 0. The van der Waals surface area contributed by atoms with Crippen molar-refractivity contribution in [2.24, 2.45) is 0 Å². The van der Waals surface area contributed by atoms with E-state index in [0.717, 1.165) is 16.9 Å². The Morgan fingerprint density at radius 1 is 1.03 bits per heavy atom. The highest BCUT2D eigenvalue weighted by molar-refractivity contribution is 5.85. The van der Waals surface area contributed by atoms with E-state index in [0.29, 0.717) is 6.61 Å². The number of rotatable bonds is 6. The summed E-state index contributed by atoms with van der Waals surface area (Å²) in [6.07, 6.45) is 3.28. The second kappa shape index (κ2) is 7.98. The molecule has 0 saturated heterocycles. The van der Waals surface area contributed by atoms with E-state index < -0.39 is 4.92 Å². The van der Waals surface area contributed by atoms with Gasteiger partial charge in [-0.2, -0.15) is 0 Å². The van der Waals surface area contributed by atoms with Crippen LogP contribution in [0.25, 0.3) is 22.9 Å². The lowest BCUT2D eigenvalue weighted by atomic mass is 10.1. The van der Waals surface area contributed by atoms with Gasteiger partial charge in [0, 0.05) is 0 Å². The maximum atomic E-state index is 11.1. The Morgan fingerprint density at radius 3 is 2.59 bits per heavy atom. The van der Waals surface area contributed by atoms with Crippen LogP contribution in [0.2, 0.25) is 0 Å². The zero-order valence-electron chi connectivity index (χ0n) is 15.7. The summed E-state index contributed by atoms with van der Waals surface area (Å²) in [4.78, 5) is 10.6. The number of hydrogen-bond acceptors (Lipinski definition) is 5. The van der Waals surface area contributed by atoms with Crippen molar-refractivity contribution < 1.29 is 14.2 Å². The molecular formula is C23H18N2O4. The van der Waals surface area contributed by atoms with Gasteiger partial charge in [-0.15, -0.1) is 0 Å². The van der Waals surface area contributed by atoms with E-state index >= 15 is 0 Å².